The standard InChI is InChI=1S/C14H11Br3S/c15-10-8-11(18-13(10)17)12(16)14(6-7-14)9-4-2-1-3-5-9/h1-5,8,12H,6-7H2. The Morgan fingerprint density at radius 2 is 1.78 bits per heavy atom. The molecular formula is C14H11Br3S. The Labute approximate surface area is 136 Å². The van der Waals surface area contributed by atoms with E-state index in [4.69, 9.17) is 0 Å². The molecule has 2 aromatic rings. The van der Waals surface area contributed by atoms with Crippen LogP contribution in [0.4, 0.5) is 0 Å². The van der Waals surface area contributed by atoms with E-state index in [0.29, 0.717) is 10.2 Å². The fourth-order valence-corrected chi connectivity index (χ4v) is 5.67. The molecule has 18 heavy (non-hydrogen) atoms. The third-order valence-corrected chi connectivity index (χ3v) is 8.53. The van der Waals surface area contributed by atoms with Crippen LogP contribution in [0.5, 0.6) is 0 Å². The van der Waals surface area contributed by atoms with Crippen molar-refractivity contribution in [2.45, 2.75) is 23.1 Å². The van der Waals surface area contributed by atoms with Crippen molar-refractivity contribution in [2.24, 2.45) is 0 Å². The lowest BCUT2D eigenvalue weighted by atomic mass is 9.92. The molecule has 0 saturated heterocycles. The minimum atomic E-state index is 0.297. The summed E-state index contributed by atoms with van der Waals surface area (Å²) in [7, 11) is 0. The highest BCUT2D eigenvalue weighted by atomic mass is 79.9. The van der Waals surface area contributed by atoms with Crippen LogP contribution in [-0.2, 0) is 5.41 Å². The summed E-state index contributed by atoms with van der Waals surface area (Å²) in [6.45, 7) is 0. The van der Waals surface area contributed by atoms with Gasteiger partial charge in [0.25, 0.3) is 0 Å². The third kappa shape index (κ3) is 2.26. The van der Waals surface area contributed by atoms with Gasteiger partial charge in [0, 0.05) is 14.8 Å². The second kappa shape index (κ2) is 5.04. The predicted molar refractivity (Wildman–Crippen MR) is 88.7 cm³/mol. The Kier molecular flexibility index (Phi) is 3.74. The summed E-state index contributed by atoms with van der Waals surface area (Å²) >= 11 is 12.9. The van der Waals surface area contributed by atoms with Crippen LogP contribution in [0.25, 0.3) is 0 Å². The highest BCUT2D eigenvalue weighted by Gasteiger charge is 2.50. The van der Waals surface area contributed by atoms with Crippen LogP contribution in [0.3, 0.4) is 0 Å². The molecule has 1 aromatic heterocycles. The van der Waals surface area contributed by atoms with E-state index in [1.165, 1.54) is 27.1 Å². The van der Waals surface area contributed by atoms with Crippen molar-refractivity contribution in [1.82, 2.24) is 0 Å². The van der Waals surface area contributed by atoms with E-state index < -0.39 is 0 Å². The van der Waals surface area contributed by atoms with Gasteiger partial charge in [-0.1, -0.05) is 46.3 Å². The van der Waals surface area contributed by atoms with Crippen LogP contribution in [0.1, 0.15) is 28.1 Å². The Morgan fingerprint density at radius 3 is 2.28 bits per heavy atom. The summed E-state index contributed by atoms with van der Waals surface area (Å²) in [5.41, 5.74) is 1.75. The zero-order valence-corrected chi connectivity index (χ0v) is 15.1. The highest BCUT2D eigenvalue weighted by molar-refractivity contribution is 9.13. The van der Waals surface area contributed by atoms with Gasteiger partial charge < -0.3 is 0 Å². The molecule has 0 aliphatic heterocycles. The second-order valence-corrected chi connectivity index (χ2v) is 8.83. The minimum absolute atomic E-state index is 0.297. The van der Waals surface area contributed by atoms with Gasteiger partial charge in [-0.05, 0) is 56.3 Å². The predicted octanol–water partition coefficient (Wildman–Crippen LogP) is 6.44. The summed E-state index contributed by atoms with van der Waals surface area (Å²) in [4.78, 5) is 1.79. The molecule has 0 nitrogen and oxygen atoms in total. The van der Waals surface area contributed by atoms with Gasteiger partial charge in [-0.25, -0.2) is 0 Å². The molecule has 1 aromatic carbocycles. The number of halogens is 3. The van der Waals surface area contributed by atoms with Crippen LogP contribution in [0.2, 0.25) is 0 Å². The summed E-state index contributed by atoms with van der Waals surface area (Å²) in [6.07, 6.45) is 2.53. The summed E-state index contributed by atoms with van der Waals surface area (Å²) in [6, 6.07) is 13.1. The van der Waals surface area contributed by atoms with Gasteiger partial charge in [0.1, 0.15) is 0 Å². The van der Waals surface area contributed by atoms with E-state index in [0.717, 1.165) is 4.47 Å². The zero-order valence-electron chi connectivity index (χ0n) is 9.50. The normalized spacial score (nSPS) is 18.6. The van der Waals surface area contributed by atoms with Crippen molar-refractivity contribution >= 4 is 59.1 Å². The average Bonchev–Trinajstić information content (AvgIpc) is 3.13. The zero-order chi connectivity index (χ0) is 12.8. The Hall–Kier alpha value is 0.360. The van der Waals surface area contributed by atoms with Crippen molar-refractivity contribution in [2.75, 3.05) is 0 Å². The molecule has 1 aliphatic rings. The maximum absolute atomic E-state index is 3.92. The Balaban J connectivity index is 1.95. The molecule has 0 radical (unpaired) electrons. The number of thiophene rings is 1. The van der Waals surface area contributed by atoms with Crippen molar-refractivity contribution in [3.05, 3.63) is 55.1 Å². The molecular weight excluding hydrogens is 440 g/mol. The first-order valence-corrected chi connectivity index (χ1v) is 9.10. The third-order valence-electron chi connectivity index (χ3n) is 3.54. The van der Waals surface area contributed by atoms with E-state index in [1.807, 2.05) is 0 Å². The van der Waals surface area contributed by atoms with Crippen LogP contribution in [-0.4, -0.2) is 0 Å². The van der Waals surface area contributed by atoms with Gasteiger partial charge in [0.05, 0.1) is 8.61 Å². The van der Waals surface area contributed by atoms with Crippen molar-refractivity contribution in [3.8, 4) is 0 Å². The van der Waals surface area contributed by atoms with E-state index >= 15 is 0 Å². The van der Waals surface area contributed by atoms with Gasteiger partial charge in [-0.3, -0.25) is 0 Å². The summed E-state index contributed by atoms with van der Waals surface area (Å²) < 4.78 is 2.32. The van der Waals surface area contributed by atoms with Crippen LogP contribution < -0.4 is 0 Å². The van der Waals surface area contributed by atoms with Gasteiger partial charge in [-0.2, -0.15) is 0 Å². The molecule has 0 N–H and O–H groups in total. The van der Waals surface area contributed by atoms with Crippen LogP contribution in [0.15, 0.2) is 44.7 Å². The molecule has 94 valence electrons. The molecule has 0 amide bonds. The van der Waals surface area contributed by atoms with Crippen LogP contribution >= 0.6 is 59.1 Å². The van der Waals surface area contributed by atoms with E-state index in [1.54, 1.807) is 11.3 Å². The number of alkyl halides is 1. The average molecular weight is 451 g/mol. The fraction of sp³-hybridized carbons (Fsp3) is 0.286. The monoisotopic (exact) mass is 448 g/mol. The molecule has 0 bridgehead atoms. The SMILES string of the molecule is Brc1cc(C(Br)C2(c3ccccc3)CC2)sc1Br. The quantitative estimate of drug-likeness (QED) is 0.472. The molecule has 1 fully saturated rings. The van der Waals surface area contributed by atoms with Crippen molar-refractivity contribution < 1.29 is 0 Å². The minimum Gasteiger partial charge on any atom is -0.131 e. The van der Waals surface area contributed by atoms with Gasteiger partial charge >= 0.3 is 0 Å². The lowest BCUT2D eigenvalue weighted by Gasteiger charge is -2.21. The van der Waals surface area contributed by atoms with Crippen molar-refractivity contribution in [1.29, 1.82) is 0 Å². The summed E-state index contributed by atoms with van der Waals surface area (Å²) in [5, 5.41) is 0. The first-order valence-electron chi connectivity index (χ1n) is 5.78. The number of rotatable bonds is 3. The second-order valence-electron chi connectivity index (χ2n) is 4.66. The van der Waals surface area contributed by atoms with E-state index in [2.05, 4.69) is 84.2 Å². The number of benzene rings is 1. The number of hydrogen-bond acceptors (Lipinski definition) is 1. The Morgan fingerprint density at radius 1 is 1.11 bits per heavy atom. The molecule has 1 atom stereocenters. The molecule has 1 heterocycles. The first-order chi connectivity index (χ1) is 8.63. The van der Waals surface area contributed by atoms with Gasteiger partial charge in [-0.15, -0.1) is 11.3 Å². The largest absolute Gasteiger partial charge is 0.131 e. The maximum Gasteiger partial charge on any atom is 0.0843 e. The highest BCUT2D eigenvalue weighted by Crippen LogP contribution is 2.61. The van der Waals surface area contributed by atoms with Crippen molar-refractivity contribution in [3.63, 3.8) is 0 Å². The number of hydrogen-bond donors (Lipinski definition) is 0. The summed E-state index contributed by atoms with van der Waals surface area (Å²) in [5.74, 6) is 0. The fourth-order valence-electron chi connectivity index (χ4n) is 2.35. The van der Waals surface area contributed by atoms with E-state index in [9.17, 15) is 0 Å². The molecule has 3 rings (SSSR count). The first kappa shape index (κ1) is 13.3. The Bertz CT molecular complexity index is 538. The van der Waals surface area contributed by atoms with Gasteiger partial charge in [0.2, 0.25) is 0 Å². The molecule has 1 unspecified atom stereocenters. The van der Waals surface area contributed by atoms with Crippen LogP contribution in [0, 0.1) is 0 Å². The van der Waals surface area contributed by atoms with Gasteiger partial charge in [0.15, 0.2) is 0 Å². The molecule has 4 heteroatoms. The molecule has 1 saturated carbocycles. The topological polar surface area (TPSA) is 0 Å². The lowest BCUT2D eigenvalue weighted by Crippen LogP contribution is -2.12. The van der Waals surface area contributed by atoms with E-state index in [-0.39, 0.29) is 0 Å². The molecule has 0 spiro atoms. The molecule has 1 aliphatic carbocycles. The lowest BCUT2D eigenvalue weighted by molar-refractivity contribution is 0.689. The maximum atomic E-state index is 3.92. The smallest absolute Gasteiger partial charge is 0.0843 e.